The van der Waals surface area contributed by atoms with Crippen LogP contribution in [0.5, 0.6) is 28.7 Å². The third-order valence-corrected chi connectivity index (χ3v) is 7.85. The highest BCUT2D eigenvalue weighted by Crippen LogP contribution is 2.48. The van der Waals surface area contributed by atoms with E-state index in [2.05, 4.69) is 0 Å². The minimum Gasteiger partial charge on any atom is -0.493 e. The van der Waals surface area contributed by atoms with Gasteiger partial charge in [-0.2, -0.15) is 0 Å². The van der Waals surface area contributed by atoms with E-state index >= 15 is 0 Å². The molecule has 0 radical (unpaired) electrons. The molecule has 1 aliphatic heterocycles. The normalized spacial score (nSPS) is 16.7. The van der Waals surface area contributed by atoms with E-state index in [1.54, 1.807) is 34.3 Å². The molecule has 2 unspecified atom stereocenters. The highest BCUT2D eigenvalue weighted by Gasteiger charge is 2.32. The number of ether oxygens (including phenoxy) is 6. The molecule has 2 N–H and O–H groups in total. The molecule has 0 aromatic heterocycles. The predicted octanol–water partition coefficient (Wildman–Crippen LogP) is 5.64. The van der Waals surface area contributed by atoms with Gasteiger partial charge in [0.05, 0.1) is 52.5 Å². The lowest BCUT2D eigenvalue weighted by Gasteiger charge is -2.21. The summed E-state index contributed by atoms with van der Waals surface area (Å²) in [5.74, 6) is 2.33. The van der Waals surface area contributed by atoms with Gasteiger partial charge in [0.2, 0.25) is 5.75 Å². The molecule has 1 aliphatic rings. The first-order chi connectivity index (χ1) is 18.7. The molecule has 1 fully saturated rings. The van der Waals surface area contributed by atoms with Crippen molar-refractivity contribution < 1.29 is 36.8 Å². The maximum atomic E-state index is 13.0. The number of nitrogens with two attached hydrogens (primary N) is 1. The second kappa shape index (κ2) is 15.8. The van der Waals surface area contributed by atoms with Crippen LogP contribution < -0.4 is 29.4 Å². The number of methoxy groups -OCH3 is 3. The molecule has 3 rings (SSSR count). The summed E-state index contributed by atoms with van der Waals surface area (Å²) in [6.45, 7) is 9.12. The zero-order valence-electron chi connectivity index (χ0n) is 24.4. The van der Waals surface area contributed by atoms with Crippen molar-refractivity contribution in [1.29, 1.82) is 0 Å². The highest BCUT2D eigenvalue weighted by atomic mass is 32.2. The maximum absolute atomic E-state index is 13.0. The van der Waals surface area contributed by atoms with E-state index in [9.17, 15) is 8.42 Å². The first-order valence-corrected chi connectivity index (χ1v) is 15.2. The molecule has 1 heterocycles. The van der Waals surface area contributed by atoms with Gasteiger partial charge in [-0.05, 0) is 67.6 Å². The van der Waals surface area contributed by atoms with Crippen LogP contribution >= 0.6 is 0 Å². The van der Waals surface area contributed by atoms with Crippen LogP contribution in [0.1, 0.15) is 76.7 Å². The van der Waals surface area contributed by atoms with Crippen molar-refractivity contribution in [2.24, 2.45) is 5.73 Å². The Hall–Kier alpha value is -2.69. The van der Waals surface area contributed by atoms with Crippen LogP contribution in [-0.4, -0.2) is 55.3 Å². The van der Waals surface area contributed by atoms with E-state index in [0.29, 0.717) is 36.2 Å². The number of benzene rings is 2. The molecule has 0 spiro atoms. The zero-order valence-corrected chi connectivity index (χ0v) is 25.2. The summed E-state index contributed by atoms with van der Waals surface area (Å²) in [5.41, 5.74) is 6.51. The van der Waals surface area contributed by atoms with Crippen molar-refractivity contribution in [2.75, 3.05) is 46.8 Å². The van der Waals surface area contributed by atoms with E-state index < -0.39 is 9.84 Å². The van der Waals surface area contributed by atoms with Gasteiger partial charge in [0.25, 0.3) is 0 Å². The van der Waals surface area contributed by atoms with Gasteiger partial charge in [-0.15, -0.1) is 0 Å². The lowest BCUT2D eigenvalue weighted by Crippen LogP contribution is -2.12. The maximum Gasteiger partial charge on any atom is 0.203 e. The van der Waals surface area contributed by atoms with E-state index in [1.165, 1.54) is 0 Å². The summed E-state index contributed by atoms with van der Waals surface area (Å²) in [5, 5.41) is 0. The van der Waals surface area contributed by atoms with Crippen LogP contribution in [0.4, 0.5) is 0 Å². The topological polar surface area (TPSA) is 116 Å². The molecule has 10 heteroatoms. The number of rotatable bonds is 13. The molecule has 2 aromatic carbocycles. The van der Waals surface area contributed by atoms with Gasteiger partial charge >= 0.3 is 0 Å². The van der Waals surface area contributed by atoms with Crippen LogP contribution in [0.15, 0.2) is 29.2 Å². The highest BCUT2D eigenvalue weighted by molar-refractivity contribution is 7.91. The summed E-state index contributed by atoms with van der Waals surface area (Å²) in [7, 11) is 1.16. The molecule has 0 bridgehead atoms. The van der Waals surface area contributed by atoms with Gasteiger partial charge in [-0.1, -0.05) is 27.7 Å². The molecule has 0 aliphatic carbocycles. The van der Waals surface area contributed by atoms with E-state index in [4.69, 9.17) is 34.2 Å². The Morgan fingerprint density at radius 1 is 0.769 bits per heavy atom. The fourth-order valence-corrected chi connectivity index (χ4v) is 5.32. The fourth-order valence-electron chi connectivity index (χ4n) is 4.25. The Balaban J connectivity index is 0.00000170. The fraction of sp³-hybridized carbons (Fsp3) is 0.586. The summed E-state index contributed by atoms with van der Waals surface area (Å²) >= 11 is 0. The van der Waals surface area contributed by atoms with Crippen LogP contribution in [0.25, 0.3) is 0 Å². The van der Waals surface area contributed by atoms with Crippen LogP contribution in [0, 0.1) is 0 Å². The number of hydrogen-bond donors (Lipinski definition) is 1. The van der Waals surface area contributed by atoms with Crippen molar-refractivity contribution in [1.82, 2.24) is 0 Å². The second-order valence-electron chi connectivity index (χ2n) is 9.00. The van der Waals surface area contributed by atoms with Crippen molar-refractivity contribution in [3.8, 4) is 28.7 Å². The molecule has 220 valence electrons. The van der Waals surface area contributed by atoms with Crippen LogP contribution in [-0.2, 0) is 14.6 Å². The summed E-state index contributed by atoms with van der Waals surface area (Å²) in [6.07, 6.45) is 2.49. The monoisotopic (exact) mass is 567 g/mol. The van der Waals surface area contributed by atoms with E-state index in [-0.39, 0.29) is 28.6 Å². The van der Waals surface area contributed by atoms with Crippen LogP contribution in [0.3, 0.4) is 0 Å². The molecule has 1 saturated heterocycles. The average Bonchev–Trinajstić information content (AvgIpc) is 3.44. The molecular formula is C29H45NO8S. The Kier molecular flexibility index (Phi) is 13.2. The van der Waals surface area contributed by atoms with Gasteiger partial charge in [-0.25, -0.2) is 8.42 Å². The van der Waals surface area contributed by atoms with Crippen molar-refractivity contribution in [3.63, 3.8) is 0 Å². The minimum atomic E-state index is -3.56. The minimum absolute atomic E-state index is 0.0360. The van der Waals surface area contributed by atoms with Gasteiger partial charge in [0.1, 0.15) is 4.90 Å². The SMILES string of the molecule is CCCOc1cc(C2CCC(c3cc(OC)c(OC)c(OC)c3)O2)cc(S(=O)(=O)CC)c1OCCC.CCN. The summed E-state index contributed by atoms with van der Waals surface area (Å²) in [6, 6.07) is 7.32. The quantitative estimate of drug-likeness (QED) is 0.328. The zero-order chi connectivity index (χ0) is 29.0. The van der Waals surface area contributed by atoms with E-state index in [0.717, 1.165) is 43.4 Å². The predicted molar refractivity (Wildman–Crippen MR) is 152 cm³/mol. The number of sulfone groups is 1. The lowest BCUT2D eigenvalue weighted by molar-refractivity contribution is 0.0435. The van der Waals surface area contributed by atoms with Crippen molar-refractivity contribution in [2.45, 2.75) is 70.5 Å². The standard InChI is InChI=1S/C27H38O8S.C2H7N/c1-7-12-33-24-16-19(17-25(36(28,29)9-3)27(24)34-13-8-2)21-11-10-20(35-21)18-14-22(30-4)26(32-6)23(15-18)31-5;1-2-3/h14-17,20-21H,7-13H2,1-6H3;2-3H2,1H3. The third-order valence-electron chi connectivity index (χ3n) is 6.12. The largest absolute Gasteiger partial charge is 0.493 e. The smallest absolute Gasteiger partial charge is 0.203 e. The Labute approximate surface area is 233 Å². The second-order valence-corrected chi connectivity index (χ2v) is 11.3. The molecule has 2 aromatic rings. The number of hydrogen-bond acceptors (Lipinski definition) is 9. The van der Waals surface area contributed by atoms with Crippen molar-refractivity contribution >= 4 is 9.84 Å². The first-order valence-electron chi connectivity index (χ1n) is 13.6. The van der Waals surface area contributed by atoms with Crippen LogP contribution in [0.2, 0.25) is 0 Å². The summed E-state index contributed by atoms with van der Waals surface area (Å²) in [4.78, 5) is 0.155. The van der Waals surface area contributed by atoms with E-state index in [1.807, 2.05) is 39.0 Å². The lowest BCUT2D eigenvalue weighted by atomic mass is 10.0. The first kappa shape index (κ1) is 32.5. The Morgan fingerprint density at radius 2 is 1.26 bits per heavy atom. The molecule has 39 heavy (non-hydrogen) atoms. The molecule has 9 nitrogen and oxygen atoms in total. The van der Waals surface area contributed by atoms with Gasteiger partial charge in [0.15, 0.2) is 32.8 Å². The van der Waals surface area contributed by atoms with Gasteiger partial charge in [-0.3, -0.25) is 0 Å². The molecule has 0 amide bonds. The molecule has 0 saturated carbocycles. The average molecular weight is 568 g/mol. The molecule has 2 atom stereocenters. The Morgan fingerprint density at radius 3 is 1.72 bits per heavy atom. The Bertz CT molecular complexity index is 1130. The summed E-state index contributed by atoms with van der Waals surface area (Å²) < 4.78 is 60.8. The molecular weight excluding hydrogens is 522 g/mol. The van der Waals surface area contributed by atoms with Crippen molar-refractivity contribution in [3.05, 3.63) is 35.4 Å². The van der Waals surface area contributed by atoms with Gasteiger partial charge in [0, 0.05) is 0 Å². The third kappa shape index (κ3) is 8.16. The van der Waals surface area contributed by atoms with Gasteiger partial charge < -0.3 is 34.2 Å².